The quantitative estimate of drug-likeness (QED) is 0.598. The minimum absolute atomic E-state index is 0.00549. The summed E-state index contributed by atoms with van der Waals surface area (Å²) in [5, 5.41) is 11.4. The highest BCUT2D eigenvalue weighted by molar-refractivity contribution is 5.83. The molecule has 110 valence electrons. The molecule has 0 radical (unpaired) electrons. The first-order valence-electron chi connectivity index (χ1n) is 6.41. The molecule has 0 aliphatic rings. The van der Waals surface area contributed by atoms with Gasteiger partial charge in [0.1, 0.15) is 6.04 Å². The second kappa shape index (κ2) is 8.34. The Kier molecular flexibility index (Phi) is 7.55. The number of primary amides is 1. The maximum absolute atomic E-state index is 12.0. The van der Waals surface area contributed by atoms with E-state index in [-0.39, 0.29) is 18.9 Å². The van der Waals surface area contributed by atoms with Gasteiger partial charge in [0.15, 0.2) is 0 Å². The fraction of sp³-hybridized carbons (Fsp3) is 0.750. The molecule has 0 bridgehead atoms. The van der Waals surface area contributed by atoms with Crippen LogP contribution < -0.4 is 11.1 Å². The number of hydrogen-bond acceptors (Lipinski definition) is 3. The monoisotopic (exact) mass is 273 g/mol. The molecule has 1 unspecified atom stereocenters. The molecule has 0 saturated heterocycles. The van der Waals surface area contributed by atoms with Crippen LogP contribution in [-0.2, 0) is 9.59 Å². The lowest BCUT2D eigenvalue weighted by atomic mass is 10.1. The zero-order valence-electron chi connectivity index (χ0n) is 11.7. The van der Waals surface area contributed by atoms with Gasteiger partial charge in [-0.3, -0.25) is 4.79 Å². The first-order valence-corrected chi connectivity index (χ1v) is 6.41. The summed E-state index contributed by atoms with van der Waals surface area (Å²) in [7, 11) is 0. The van der Waals surface area contributed by atoms with Crippen molar-refractivity contribution in [2.75, 3.05) is 6.54 Å². The van der Waals surface area contributed by atoms with Crippen LogP contribution in [0.25, 0.3) is 0 Å². The zero-order chi connectivity index (χ0) is 15.0. The van der Waals surface area contributed by atoms with Crippen LogP contribution in [0.1, 0.15) is 40.0 Å². The summed E-state index contributed by atoms with van der Waals surface area (Å²) in [6, 6.07) is -1.51. The summed E-state index contributed by atoms with van der Waals surface area (Å²) in [4.78, 5) is 35.2. The third kappa shape index (κ3) is 6.08. The van der Waals surface area contributed by atoms with Gasteiger partial charge in [-0.25, -0.2) is 9.59 Å². The summed E-state index contributed by atoms with van der Waals surface area (Å²) in [5.74, 6) is -1.76. The van der Waals surface area contributed by atoms with Crippen molar-refractivity contribution in [2.45, 2.75) is 52.1 Å². The number of carbonyl (C=O) groups is 3. The summed E-state index contributed by atoms with van der Waals surface area (Å²) in [5.41, 5.74) is 4.97. The molecule has 2 atom stereocenters. The van der Waals surface area contributed by atoms with Crippen molar-refractivity contribution in [1.82, 2.24) is 10.2 Å². The molecule has 0 aromatic carbocycles. The first kappa shape index (κ1) is 17.2. The molecule has 0 heterocycles. The second-order valence-corrected chi connectivity index (χ2v) is 4.39. The van der Waals surface area contributed by atoms with E-state index in [2.05, 4.69) is 5.32 Å². The predicted molar refractivity (Wildman–Crippen MR) is 70.5 cm³/mol. The van der Waals surface area contributed by atoms with Gasteiger partial charge in [-0.05, 0) is 26.7 Å². The molecule has 0 rings (SSSR count). The molecule has 0 aliphatic heterocycles. The largest absolute Gasteiger partial charge is 0.480 e. The maximum atomic E-state index is 12.0. The van der Waals surface area contributed by atoms with Crippen LogP contribution >= 0.6 is 0 Å². The van der Waals surface area contributed by atoms with E-state index in [1.807, 2.05) is 20.8 Å². The molecule has 7 heteroatoms. The Morgan fingerprint density at radius 2 is 1.89 bits per heavy atom. The Labute approximate surface area is 113 Å². The molecule has 0 fully saturated rings. The molecular formula is C12H23N3O4. The van der Waals surface area contributed by atoms with Gasteiger partial charge in [0.2, 0.25) is 5.91 Å². The minimum atomic E-state index is -1.17. The fourth-order valence-electron chi connectivity index (χ4n) is 1.65. The predicted octanol–water partition coefficient (Wildman–Crippen LogP) is 0.535. The summed E-state index contributed by atoms with van der Waals surface area (Å²) < 4.78 is 0. The standard InChI is InChI=1S/C12H23N3O4/c1-4-8(3)15(5-2)12(19)14-9(11(17)18)6-7-10(13)16/h8-9H,4-7H2,1-3H3,(H2,13,16)(H,14,19)(H,17,18)/t8?,9-/m0/s1. The SMILES string of the molecule is CCC(C)N(CC)C(=O)N[C@@H](CCC(N)=O)C(=O)O. The number of carboxylic acids is 1. The third-order valence-electron chi connectivity index (χ3n) is 3.00. The molecule has 0 aromatic rings. The van der Waals surface area contributed by atoms with E-state index in [0.717, 1.165) is 6.42 Å². The van der Waals surface area contributed by atoms with Crippen LogP contribution in [-0.4, -0.2) is 46.5 Å². The topological polar surface area (TPSA) is 113 Å². The summed E-state index contributed by atoms with van der Waals surface area (Å²) in [6.07, 6.45) is 0.696. The maximum Gasteiger partial charge on any atom is 0.326 e. The van der Waals surface area contributed by atoms with Crippen LogP contribution in [0.15, 0.2) is 0 Å². The number of carbonyl (C=O) groups excluding carboxylic acids is 2. The molecule has 7 nitrogen and oxygen atoms in total. The highest BCUT2D eigenvalue weighted by atomic mass is 16.4. The van der Waals surface area contributed by atoms with Crippen molar-refractivity contribution >= 4 is 17.9 Å². The number of nitrogens with one attached hydrogen (secondary N) is 1. The van der Waals surface area contributed by atoms with Crippen molar-refractivity contribution < 1.29 is 19.5 Å². The number of amides is 3. The van der Waals surface area contributed by atoms with Crippen LogP contribution in [0, 0.1) is 0 Å². The second-order valence-electron chi connectivity index (χ2n) is 4.39. The van der Waals surface area contributed by atoms with Gasteiger partial charge in [0, 0.05) is 19.0 Å². The van der Waals surface area contributed by atoms with Gasteiger partial charge in [0.05, 0.1) is 0 Å². The van der Waals surface area contributed by atoms with Gasteiger partial charge in [-0.1, -0.05) is 6.92 Å². The fourth-order valence-corrected chi connectivity index (χ4v) is 1.65. The Hall–Kier alpha value is -1.79. The number of nitrogens with zero attached hydrogens (tertiary/aromatic N) is 1. The molecular weight excluding hydrogens is 250 g/mol. The first-order chi connectivity index (χ1) is 8.83. The number of rotatable bonds is 8. The zero-order valence-corrected chi connectivity index (χ0v) is 11.7. The Bertz CT molecular complexity index is 333. The van der Waals surface area contributed by atoms with E-state index in [0.29, 0.717) is 6.54 Å². The van der Waals surface area contributed by atoms with E-state index in [1.165, 1.54) is 0 Å². The Morgan fingerprint density at radius 3 is 2.26 bits per heavy atom. The van der Waals surface area contributed by atoms with Crippen LogP contribution in [0.4, 0.5) is 4.79 Å². The van der Waals surface area contributed by atoms with Crippen molar-refractivity contribution in [3.05, 3.63) is 0 Å². The van der Waals surface area contributed by atoms with Crippen LogP contribution in [0.5, 0.6) is 0 Å². The number of carboxylic acid groups (broad SMARTS) is 1. The molecule has 3 amide bonds. The summed E-state index contributed by atoms with van der Waals surface area (Å²) >= 11 is 0. The number of nitrogens with two attached hydrogens (primary N) is 1. The third-order valence-corrected chi connectivity index (χ3v) is 3.00. The Morgan fingerprint density at radius 1 is 1.32 bits per heavy atom. The smallest absolute Gasteiger partial charge is 0.326 e. The summed E-state index contributed by atoms with van der Waals surface area (Å²) in [6.45, 7) is 6.15. The van der Waals surface area contributed by atoms with Crippen molar-refractivity contribution in [2.24, 2.45) is 5.73 Å². The van der Waals surface area contributed by atoms with Crippen molar-refractivity contribution in [3.8, 4) is 0 Å². The van der Waals surface area contributed by atoms with Gasteiger partial charge >= 0.3 is 12.0 Å². The molecule has 4 N–H and O–H groups in total. The molecule has 0 saturated carbocycles. The lowest BCUT2D eigenvalue weighted by Crippen LogP contribution is -2.50. The van der Waals surface area contributed by atoms with E-state index in [9.17, 15) is 14.4 Å². The van der Waals surface area contributed by atoms with Gasteiger partial charge < -0.3 is 21.1 Å². The van der Waals surface area contributed by atoms with Crippen LogP contribution in [0.3, 0.4) is 0 Å². The van der Waals surface area contributed by atoms with Gasteiger partial charge in [-0.15, -0.1) is 0 Å². The van der Waals surface area contributed by atoms with Crippen molar-refractivity contribution in [3.63, 3.8) is 0 Å². The molecule has 0 aromatic heterocycles. The molecule has 0 aliphatic carbocycles. The minimum Gasteiger partial charge on any atom is -0.480 e. The molecule has 19 heavy (non-hydrogen) atoms. The lowest BCUT2D eigenvalue weighted by Gasteiger charge is -2.28. The molecule has 0 spiro atoms. The van der Waals surface area contributed by atoms with Crippen molar-refractivity contribution in [1.29, 1.82) is 0 Å². The number of urea groups is 1. The Balaban J connectivity index is 4.60. The number of aliphatic carboxylic acids is 1. The van der Waals surface area contributed by atoms with Gasteiger partial charge in [0.25, 0.3) is 0 Å². The average molecular weight is 273 g/mol. The van der Waals surface area contributed by atoms with Crippen LogP contribution in [0.2, 0.25) is 0 Å². The van der Waals surface area contributed by atoms with Gasteiger partial charge in [-0.2, -0.15) is 0 Å². The van der Waals surface area contributed by atoms with E-state index < -0.39 is 23.9 Å². The van der Waals surface area contributed by atoms with E-state index in [4.69, 9.17) is 10.8 Å². The normalized spacial score (nSPS) is 13.4. The number of hydrogen-bond donors (Lipinski definition) is 3. The highest BCUT2D eigenvalue weighted by Crippen LogP contribution is 2.05. The highest BCUT2D eigenvalue weighted by Gasteiger charge is 2.24. The van der Waals surface area contributed by atoms with E-state index >= 15 is 0 Å². The lowest BCUT2D eigenvalue weighted by molar-refractivity contribution is -0.139. The van der Waals surface area contributed by atoms with E-state index in [1.54, 1.807) is 4.90 Å². The average Bonchev–Trinajstić information content (AvgIpc) is 2.34.